The van der Waals surface area contributed by atoms with Gasteiger partial charge in [0, 0.05) is 38.9 Å². The second-order valence-corrected chi connectivity index (χ2v) is 9.81. The first-order valence-electron chi connectivity index (χ1n) is 12.6. The van der Waals surface area contributed by atoms with Crippen LogP contribution in [0, 0.1) is 23.7 Å². The fraction of sp³-hybridized carbons (Fsp3) is 0.276. The van der Waals surface area contributed by atoms with Crippen LogP contribution in [0.4, 0.5) is 29.1 Å². The average molecular weight is 562 g/mol. The molecule has 4 aromatic rings. The quantitative estimate of drug-likeness (QED) is 0.251. The smallest absolute Gasteiger partial charge is 0.364 e. The predicted molar refractivity (Wildman–Crippen MR) is 144 cm³/mol. The Hall–Kier alpha value is -4.81. The van der Waals surface area contributed by atoms with Crippen LogP contribution in [0.2, 0.25) is 0 Å². The first kappa shape index (κ1) is 27.7. The average Bonchev–Trinajstić information content (AvgIpc) is 2.96. The van der Waals surface area contributed by atoms with Crippen molar-refractivity contribution >= 4 is 22.5 Å². The van der Waals surface area contributed by atoms with Crippen molar-refractivity contribution in [2.24, 2.45) is 7.05 Å². The van der Waals surface area contributed by atoms with E-state index < -0.39 is 29.2 Å². The first-order chi connectivity index (χ1) is 19.5. The summed E-state index contributed by atoms with van der Waals surface area (Å²) in [5, 5.41) is 9.94. The number of halogens is 4. The fourth-order valence-electron chi connectivity index (χ4n) is 5.32. The molecule has 0 saturated carbocycles. The van der Waals surface area contributed by atoms with Gasteiger partial charge in [-0.15, -0.1) is 4.98 Å². The highest BCUT2D eigenvalue weighted by molar-refractivity contribution is 5.92. The first-order valence-corrected chi connectivity index (χ1v) is 12.6. The van der Waals surface area contributed by atoms with E-state index >= 15 is 0 Å². The largest absolute Gasteiger partial charge is 0.417 e. The number of alkyl halides is 3. The predicted octanol–water partition coefficient (Wildman–Crippen LogP) is 5.21. The topological polar surface area (TPSA) is 82.4 Å². The third kappa shape index (κ3) is 5.10. The summed E-state index contributed by atoms with van der Waals surface area (Å²) in [6.45, 7) is 10.3. The third-order valence-corrected chi connectivity index (χ3v) is 7.33. The van der Waals surface area contributed by atoms with Gasteiger partial charge in [0.1, 0.15) is 23.1 Å². The number of piperazine rings is 1. The number of hydrogen-bond donors (Lipinski definition) is 0. The number of fused-ring (bicyclic) bond motifs is 1. The second-order valence-electron chi connectivity index (χ2n) is 9.81. The van der Waals surface area contributed by atoms with Gasteiger partial charge in [-0.3, -0.25) is 14.7 Å². The van der Waals surface area contributed by atoms with Gasteiger partial charge in [-0.25, -0.2) is 4.39 Å². The van der Waals surface area contributed by atoms with Crippen molar-refractivity contribution in [2.75, 3.05) is 24.5 Å². The van der Waals surface area contributed by atoms with Crippen molar-refractivity contribution in [3.8, 4) is 6.07 Å². The zero-order chi connectivity index (χ0) is 29.5. The molecule has 5 rings (SSSR count). The lowest BCUT2D eigenvalue weighted by molar-refractivity contribution is -0.137. The summed E-state index contributed by atoms with van der Waals surface area (Å²) in [6, 6.07) is 12.4. The van der Waals surface area contributed by atoms with Crippen LogP contribution in [0.1, 0.15) is 35.3 Å². The molecular weight excluding hydrogens is 538 g/mol. The summed E-state index contributed by atoms with van der Waals surface area (Å²) in [7, 11) is 1.54. The molecule has 0 radical (unpaired) electrons. The normalized spacial score (nSPS) is 16.8. The van der Waals surface area contributed by atoms with Crippen LogP contribution in [-0.2, 0) is 13.2 Å². The Balaban J connectivity index is 1.55. The molecule has 3 aromatic heterocycles. The molecule has 12 heteroatoms. The molecule has 1 saturated heterocycles. The van der Waals surface area contributed by atoms with Gasteiger partial charge in [0.2, 0.25) is 5.52 Å². The Bertz CT molecular complexity index is 1750. The standard InChI is InChI=1S/C29H23F4N7O/c1-17-16-39(27-21(14-34)28(41)38(3)23-10-11-24(35-2)37-25(23)27)12-13-40(17)26(18-4-7-20(30)8-5-18)22-9-6-19(15-36-22)29(31,32)33/h4-11,15,17,26H,12-13,16H2,1,3H3/t17-,26?/m1/s1. The minimum absolute atomic E-state index is 0.0882. The molecule has 1 aliphatic rings. The number of nitrogens with zero attached hydrogens (tertiary/aromatic N) is 7. The second kappa shape index (κ2) is 10.6. The van der Waals surface area contributed by atoms with Crippen molar-refractivity contribution in [1.29, 1.82) is 5.26 Å². The highest BCUT2D eigenvalue weighted by Crippen LogP contribution is 2.36. The van der Waals surface area contributed by atoms with Crippen LogP contribution >= 0.6 is 0 Å². The zero-order valence-electron chi connectivity index (χ0n) is 22.0. The zero-order valence-corrected chi connectivity index (χ0v) is 22.0. The summed E-state index contributed by atoms with van der Waals surface area (Å²) in [6.07, 6.45) is -3.75. The van der Waals surface area contributed by atoms with Crippen molar-refractivity contribution in [3.05, 3.63) is 105 Å². The molecule has 2 atom stereocenters. The van der Waals surface area contributed by atoms with Gasteiger partial charge < -0.3 is 14.3 Å². The number of aryl methyl sites for hydroxylation is 1. The molecule has 1 fully saturated rings. The van der Waals surface area contributed by atoms with Gasteiger partial charge in [0.15, 0.2) is 0 Å². The van der Waals surface area contributed by atoms with Crippen molar-refractivity contribution in [1.82, 2.24) is 19.4 Å². The number of benzene rings is 1. The third-order valence-electron chi connectivity index (χ3n) is 7.33. The number of aromatic nitrogens is 3. The summed E-state index contributed by atoms with van der Waals surface area (Å²) in [5.74, 6) is -0.323. The summed E-state index contributed by atoms with van der Waals surface area (Å²) in [5.41, 5.74) is 0.750. The molecule has 0 amide bonds. The Morgan fingerprint density at radius 2 is 1.85 bits per heavy atom. The molecule has 4 heterocycles. The van der Waals surface area contributed by atoms with Crippen LogP contribution in [0.25, 0.3) is 15.9 Å². The van der Waals surface area contributed by atoms with E-state index in [0.29, 0.717) is 47.6 Å². The van der Waals surface area contributed by atoms with E-state index in [1.54, 1.807) is 25.2 Å². The van der Waals surface area contributed by atoms with Crippen molar-refractivity contribution in [3.63, 3.8) is 0 Å². The molecule has 0 bridgehead atoms. The van der Waals surface area contributed by atoms with E-state index in [-0.39, 0.29) is 17.4 Å². The minimum atomic E-state index is -4.54. The van der Waals surface area contributed by atoms with E-state index in [1.165, 1.54) is 28.8 Å². The van der Waals surface area contributed by atoms with Crippen LogP contribution in [0.15, 0.2) is 59.5 Å². The monoisotopic (exact) mass is 561 g/mol. The van der Waals surface area contributed by atoms with Gasteiger partial charge in [-0.2, -0.15) is 18.4 Å². The molecule has 1 aromatic carbocycles. The number of anilines is 1. The van der Waals surface area contributed by atoms with Crippen LogP contribution in [0.5, 0.6) is 0 Å². The molecule has 1 unspecified atom stereocenters. The van der Waals surface area contributed by atoms with Crippen LogP contribution in [-0.4, -0.2) is 45.1 Å². The van der Waals surface area contributed by atoms with Gasteiger partial charge in [0.05, 0.1) is 22.8 Å². The Labute approximate surface area is 232 Å². The Morgan fingerprint density at radius 1 is 1.12 bits per heavy atom. The maximum absolute atomic E-state index is 13.8. The fourth-order valence-corrected chi connectivity index (χ4v) is 5.32. The Morgan fingerprint density at radius 3 is 2.44 bits per heavy atom. The molecule has 0 aliphatic carbocycles. The number of rotatable bonds is 4. The van der Waals surface area contributed by atoms with E-state index in [4.69, 9.17) is 6.57 Å². The van der Waals surface area contributed by atoms with Gasteiger partial charge >= 0.3 is 6.18 Å². The number of nitriles is 1. The summed E-state index contributed by atoms with van der Waals surface area (Å²) in [4.78, 5) is 29.0. The maximum Gasteiger partial charge on any atom is 0.417 e. The Kier molecular flexibility index (Phi) is 7.20. The van der Waals surface area contributed by atoms with Crippen LogP contribution in [0.3, 0.4) is 0 Å². The SMILES string of the molecule is [C-]#[N+]c1ccc2c(n1)c(N1CCN(C(c3ccc(F)cc3)c3ccc(C(F)(F)F)cn3)[C@H](C)C1)c(C#N)c(=O)n2C. The van der Waals surface area contributed by atoms with Crippen LogP contribution < -0.4 is 10.5 Å². The van der Waals surface area contributed by atoms with Gasteiger partial charge in [-0.05, 0) is 48.9 Å². The number of hydrogen-bond acceptors (Lipinski definition) is 6. The van der Waals surface area contributed by atoms with Gasteiger partial charge in [-0.1, -0.05) is 18.7 Å². The lowest BCUT2D eigenvalue weighted by Gasteiger charge is -2.44. The molecule has 0 N–H and O–H groups in total. The highest BCUT2D eigenvalue weighted by Gasteiger charge is 2.36. The lowest BCUT2D eigenvalue weighted by Crippen LogP contribution is -2.54. The van der Waals surface area contributed by atoms with E-state index in [1.807, 2.05) is 22.8 Å². The lowest BCUT2D eigenvalue weighted by atomic mass is 9.97. The minimum Gasteiger partial charge on any atom is -0.364 e. The van der Waals surface area contributed by atoms with E-state index in [2.05, 4.69) is 14.8 Å². The van der Waals surface area contributed by atoms with E-state index in [0.717, 1.165) is 12.3 Å². The maximum atomic E-state index is 13.8. The number of pyridine rings is 3. The molecule has 8 nitrogen and oxygen atoms in total. The molecule has 0 spiro atoms. The van der Waals surface area contributed by atoms with E-state index in [9.17, 15) is 27.6 Å². The highest BCUT2D eigenvalue weighted by atomic mass is 19.4. The summed E-state index contributed by atoms with van der Waals surface area (Å²) >= 11 is 0. The molecule has 208 valence electrons. The molecular formula is C29H23F4N7O. The summed E-state index contributed by atoms with van der Waals surface area (Å²) < 4.78 is 54.8. The molecule has 41 heavy (non-hydrogen) atoms. The molecule has 1 aliphatic heterocycles. The van der Waals surface area contributed by atoms with Crippen molar-refractivity contribution < 1.29 is 17.6 Å². The van der Waals surface area contributed by atoms with Crippen molar-refractivity contribution in [2.45, 2.75) is 25.2 Å². The van der Waals surface area contributed by atoms with Gasteiger partial charge in [0.25, 0.3) is 11.4 Å².